The van der Waals surface area contributed by atoms with Crippen molar-refractivity contribution in [2.45, 2.75) is 51.0 Å². The van der Waals surface area contributed by atoms with Crippen LogP contribution in [0.25, 0.3) is 0 Å². The number of hydrogen-bond donors (Lipinski definition) is 1. The third kappa shape index (κ3) is 4.08. The van der Waals surface area contributed by atoms with Gasteiger partial charge in [-0.15, -0.1) is 0 Å². The molecule has 1 aliphatic carbocycles. The summed E-state index contributed by atoms with van der Waals surface area (Å²) < 4.78 is 1.34. The van der Waals surface area contributed by atoms with E-state index in [1.165, 1.54) is 49.4 Å². The Morgan fingerprint density at radius 3 is 2.33 bits per heavy atom. The van der Waals surface area contributed by atoms with E-state index < -0.39 is 0 Å². The normalized spacial score (nSPS) is 33.5. The Morgan fingerprint density at radius 1 is 1.00 bits per heavy atom. The molecule has 0 aromatic rings. The van der Waals surface area contributed by atoms with E-state index in [0.29, 0.717) is 6.04 Å². The molecule has 0 heterocycles. The second kappa shape index (κ2) is 6.19. The van der Waals surface area contributed by atoms with Crippen LogP contribution in [0.1, 0.15) is 44.9 Å². The van der Waals surface area contributed by atoms with Crippen molar-refractivity contribution in [1.29, 1.82) is 0 Å². The predicted octanol–water partition coefficient (Wildman–Crippen LogP) is 3.11. The highest BCUT2D eigenvalue weighted by Gasteiger charge is 2.11. The number of nitrogens with two attached hydrogens (primary N) is 1. The maximum absolute atomic E-state index is 5.96. The van der Waals surface area contributed by atoms with Gasteiger partial charge in [0, 0.05) is 10.5 Å². The molecule has 0 amide bonds. The minimum Gasteiger partial charge on any atom is -0.328 e. The molecule has 1 saturated carbocycles. The highest BCUT2D eigenvalue weighted by molar-refractivity contribution is 14.1. The smallest absolute Gasteiger partial charge is 0.00388 e. The molecule has 1 aliphatic rings. The molecule has 12 heavy (non-hydrogen) atoms. The molecule has 2 N–H and O–H groups in total. The van der Waals surface area contributed by atoms with Crippen LogP contribution in [0.5, 0.6) is 0 Å². The highest BCUT2D eigenvalue weighted by Crippen LogP contribution is 2.22. The van der Waals surface area contributed by atoms with Crippen molar-refractivity contribution in [3.8, 4) is 0 Å². The summed E-state index contributed by atoms with van der Waals surface area (Å²) >= 11 is 2.52. The minimum atomic E-state index is 0.498. The molecule has 2 heteroatoms. The van der Waals surface area contributed by atoms with Crippen LogP contribution in [0, 0.1) is 5.92 Å². The number of alkyl halides is 1. The van der Waals surface area contributed by atoms with Crippen molar-refractivity contribution in [2.75, 3.05) is 4.43 Å². The zero-order valence-electron chi connectivity index (χ0n) is 7.77. The van der Waals surface area contributed by atoms with Gasteiger partial charge in [0.1, 0.15) is 0 Å². The van der Waals surface area contributed by atoms with Crippen LogP contribution in [-0.4, -0.2) is 10.5 Å². The van der Waals surface area contributed by atoms with E-state index in [-0.39, 0.29) is 0 Å². The fraction of sp³-hybridized carbons (Fsp3) is 1.00. The summed E-state index contributed by atoms with van der Waals surface area (Å²) in [5.74, 6) is 0.982. The average molecular weight is 281 g/mol. The SMILES string of the molecule is NC1CCCCC(CI)CCC1. The van der Waals surface area contributed by atoms with Crippen LogP contribution in [0.4, 0.5) is 0 Å². The Balaban J connectivity index is 2.26. The van der Waals surface area contributed by atoms with Gasteiger partial charge in [-0.25, -0.2) is 0 Å². The van der Waals surface area contributed by atoms with Gasteiger partial charge in [0.25, 0.3) is 0 Å². The predicted molar refractivity (Wildman–Crippen MR) is 62.7 cm³/mol. The Kier molecular flexibility index (Phi) is 5.56. The molecular weight excluding hydrogens is 261 g/mol. The van der Waals surface area contributed by atoms with Gasteiger partial charge >= 0.3 is 0 Å². The molecule has 2 atom stereocenters. The van der Waals surface area contributed by atoms with Gasteiger partial charge in [-0.3, -0.25) is 0 Å². The third-order valence-electron chi connectivity index (χ3n) is 2.84. The van der Waals surface area contributed by atoms with E-state index in [1.54, 1.807) is 0 Å². The Hall–Kier alpha value is 0.690. The molecule has 0 aromatic heterocycles. The van der Waals surface area contributed by atoms with Gasteiger partial charge in [0.15, 0.2) is 0 Å². The molecule has 1 rings (SSSR count). The summed E-state index contributed by atoms with van der Waals surface area (Å²) in [4.78, 5) is 0. The first-order chi connectivity index (χ1) is 5.83. The molecule has 0 saturated heterocycles. The topological polar surface area (TPSA) is 26.0 Å². The Bertz CT molecular complexity index is 116. The molecule has 1 nitrogen and oxygen atoms in total. The van der Waals surface area contributed by atoms with Crippen molar-refractivity contribution < 1.29 is 0 Å². The van der Waals surface area contributed by atoms with Crippen molar-refractivity contribution >= 4 is 22.6 Å². The standard InChI is InChI=1S/C10H20IN/c11-8-9-4-1-2-6-10(12)7-3-5-9/h9-10H,1-8,12H2. The number of hydrogen-bond acceptors (Lipinski definition) is 1. The van der Waals surface area contributed by atoms with Crippen LogP contribution in [0.2, 0.25) is 0 Å². The number of halogens is 1. The summed E-state index contributed by atoms with van der Waals surface area (Å²) in [5, 5.41) is 0. The van der Waals surface area contributed by atoms with E-state index >= 15 is 0 Å². The van der Waals surface area contributed by atoms with Crippen molar-refractivity contribution in [1.82, 2.24) is 0 Å². The first-order valence-corrected chi connectivity index (χ1v) is 6.67. The summed E-state index contributed by atoms with van der Waals surface area (Å²) in [6.45, 7) is 0. The molecule has 0 aromatic carbocycles. The summed E-state index contributed by atoms with van der Waals surface area (Å²) in [5.41, 5.74) is 5.96. The van der Waals surface area contributed by atoms with Crippen LogP contribution in [0.15, 0.2) is 0 Å². The highest BCUT2D eigenvalue weighted by atomic mass is 127. The van der Waals surface area contributed by atoms with Crippen LogP contribution >= 0.6 is 22.6 Å². The second-order valence-electron chi connectivity index (χ2n) is 4.00. The molecule has 2 unspecified atom stereocenters. The van der Waals surface area contributed by atoms with Crippen molar-refractivity contribution in [3.05, 3.63) is 0 Å². The van der Waals surface area contributed by atoms with E-state index in [0.717, 1.165) is 5.92 Å². The lowest BCUT2D eigenvalue weighted by Gasteiger charge is -2.11. The molecule has 0 aliphatic heterocycles. The first kappa shape index (κ1) is 10.8. The fourth-order valence-corrected chi connectivity index (χ4v) is 2.83. The van der Waals surface area contributed by atoms with Gasteiger partial charge < -0.3 is 5.73 Å². The van der Waals surface area contributed by atoms with E-state index in [9.17, 15) is 0 Å². The molecule has 1 fully saturated rings. The molecular formula is C10H20IN. The fourth-order valence-electron chi connectivity index (χ4n) is 1.95. The number of rotatable bonds is 1. The van der Waals surface area contributed by atoms with Gasteiger partial charge in [-0.1, -0.05) is 41.9 Å². The quantitative estimate of drug-likeness (QED) is 0.580. The molecule has 0 spiro atoms. The summed E-state index contributed by atoms with van der Waals surface area (Å²) in [6.07, 6.45) is 9.48. The van der Waals surface area contributed by atoms with Gasteiger partial charge in [0.05, 0.1) is 0 Å². The van der Waals surface area contributed by atoms with E-state index in [2.05, 4.69) is 22.6 Å². The van der Waals surface area contributed by atoms with Crippen LogP contribution < -0.4 is 5.73 Å². The monoisotopic (exact) mass is 281 g/mol. The van der Waals surface area contributed by atoms with Gasteiger partial charge in [0.2, 0.25) is 0 Å². The van der Waals surface area contributed by atoms with Crippen molar-refractivity contribution in [3.63, 3.8) is 0 Å². The van der Waals surface area contributed by atoms with Gasteiger partial charge in [-0.05, 0) is 31.6 Å². The lowest BCUT2D eigenvalue weighted by molar-refractivity contribution is 0.475. The summed E-state index contributed by atoms with van der Waals surface area (Å²) in [7, 11) is 0. The zero-order valence-corrected chi connectivity index (χ0v) is 9.92. The van der Waals surface area contributed by atoms with Crippen LogP contribution in [0.3, 0.4) is 0 Å². The molecule has 0 radical (unpaired) electrons. The minimum absolute atomic E-state index is 0.498. The third-order valence-corrected chi connectivity index (χ3v) is 4.09. The largest absolute Gasteiger partial charge is 0.328 e. The zero-order chi connectivity index (χ0) is 8.81. The molecule has 0 bridgehead atoms. The Labute approximate surface area is 89.6 Å². The maximum atomic E-state index is 5.96. The van der Waals surface area contributed by atoms with Gasteiger partial charge in [-0.2, -0.15) is 0 Å². The Morgan fingerprint density at radius 2 is 1.58 bits per heavy atom. The van der Waals surface area contributed by atoms with E-state index in [1.807, 2.05) is 0 Å². The second-order valence-corrected chi connectivity index (χ2v) is 4.88. The lowest BCUT2D eigenvalue weighted by atomic mass is 9.99. The lowest BCUT2D eigenvalue weighted by Crippen LogP contribution is -2.18. The van der Waals surface area contributed by atoms with Crippen molar-refractivity contribution in [2.24, 2.45) is 11.7 Å². The summed E-state index contributed by atoms with van der Waals surface area (Å²) in [6, 6.07) is 0.498. The molecule has 72 valence electrons. The first-order valence-electron chi connectivity index (χ1n) is 5.14. The average Bonchev–Trinajstić information content (AvgIpc) is 2.17. The van der Waals surface area contributed by atoms with Crippen LogP contribution in [-0.2, 0) is 0 Å². The maximum Gasteiger partial charge on any atom is 0.00388 e. The van der Waals surface area contributed by atoms with E-state index in [4.69, 9.17) is 5.73 Å².